The molecule has 19 heavy (non-hydrogen) atoms. The molecule has 2 heterocycles. The van der Waals surface area contributed by atoms with Crippen molar-refractivity contribution in [3.8, 4) is 0 Å². The van der Waals surface area contributed by atoms with Crippen LogP contribution in [0.2, 0.25) is 4.47 Å². The van der Waals surface area contributed by atoms with Gasteiger partial charge in [0.1, 0.15) is 0 Å². The Hall–Kier alpha value is -0.470. The van der Waals surface area contributed by atoms with Crippen molar-refractivity contribution in [3.63, 3.8) is 0 Å². The molecule has 1 unspecified atom stereocenters. The number of nitrogens with zero attached hydrogens (tertiary/aromatic N) is 2. The van der Waals surface area contributed by atoms with Gasteiger partial charge in [-0.25, -0.2) is 13.4 Å². The summed E-state index contributed by atoms with van der Waals surface area (Å²) in [5.74, 6) is 0. The molecule has 0 fully saturated rings. The first-order valence-corrected chi connectivity index (χ1v) is 9.04. The van der Waals surface area contributed by atoms with Gasteiger partial charge < -0.3 is 0 Å². The first-order chi connectivity index (χ1) is 8.91. The first-order valence-electron chi connectivity index (χ1n) is 5.53. The van der Waals surface area contributed by atoms with E-state index in [2.05, 4.69) is 4.98 Å². The summed E-state index contributed by atoms with van der Waals surface area (Å²) in [6.45, 7) is 1.89. The number of likely N-dealkylation sites (N-methyl/N-ethyl adjacent to an activating group) is 1. The molecule has 0 saturated carbocycles. The second-order valence-corrected chi connectivity index (χ2v) is 8.96. The van der Waals surface area contributed by atoms with Crippen molar-refractivity contribution in [2.45, 2.75) is 23.6 Å². The maximum Gasteiger partial charge on any atom is 0.254 e. The fraction of sp³-hybridized carbons (Fsp3) is 0.364. The van der Waals surface area contributed by atoms with Crippen LogP contribution in [0.15, 0.2) is 27.9 Å². The highest BCUT2D eigenvalue weighted by molar-refractivity contribution is 7.91. The standard InChI is InChI=1S/C11H13ClN2O2S3/c1-8(6-9-4-3-5-17-9)14(2)19(15,16)10-7-13-11(12)18-10/h3-5,7-8H,6H2,1-2H3. The van der Waals surface area contributed by atoms with E-state index in [4.69, 9.17) is 11.6 Å². The van der Waals surface area contributed by atoms with Crippen LogP contribution in [0.3, 0.4) is 0 Å². The van der Waals surface area contributed by atoms with Crippen LogP contribution in [0.4, 0.5) is 0 Å². The molecule has 8 heteroatoms. The van der Waals surface area contributed by atoms with Gasteiger partial charge in [-0.05, 0) is 24.8 Å². The minimum absolute atomic E-state index is 0.121. The van der Waals surface area contributed by atoms with Gasteiger partial charge in [-0.1, -0.05) is 29.0 Å². The summed E-state index contributed by atoms with van der Waals surface area (Å²) < 4.78 is 26.5. The average Bonchev–Trinajstić information content (AvgIpc) is 2.99. The van der Waals surface area contributed by atoms with Crippen LogP contribution in [-0.4, -0.2) is 30.8 Å². The summed E-state index contributed by atoms with van der Waals surface area (Å²) in [5, 5.41) is 1.99. The SMILES string of the molecule is CC(Cc1cccs1)N(C)S(=O)(=O)c1cnc(Cl)s1. The lowest BCUT2D eigenvalue weighted by atomic mass is 10.2. The van der Waals surface area contributed by atoms with Gasteiger partial charge in [0.25, 0.3) is 10.0 Å². The monoisotopic (exact) mass is 336 g/mol. The minimum Gasteiger partial charge on any atom is -0.232 e. The minimum atomic E-state index is -3.51. The van der Waals surface area contributed by atoms with Crippen molar-refractivity contribution >= 4 is 44.3 Å². The van der Waals surface area contributed by atoms with Crippen LogP contribution < -0.4 is 0 Å². The molecule has 2 rings (SSSR count). The molecule has 0 spiro atoms. The molecule has 4 nitrogen and oxygen atoms in total. The summed E-state index contributed by atoms with van der Waals surface area (Å²) in [6, 6.07) is 3.85. The maximum absolute atomic E-state index is 12.4. The van der Waals surface area contributed by atoms with Crippen LogP contribution in [-0.2, 0) is 16.4 Å². The van der Waals surface area contributed by atoms with Gasteiger partial charge in [0.2, 0.25) is 0 Å². The van der Waals surface area contributed by atoms with Gasteiger partial charge in [0, 0.05) is 18.0 Å². The van der Waals surface area contributed by atoms with Crippen LogP contribution >= 0.6 is 34.3 Å². The van der Waals surface area contributed by atoms with Gasteiger partial charge in [-0.2, -0.15) is 4.31 Å². The number of aromatic nitrogens is 1. The van der Waals surface area contributed by atoms with Gasteiger partial charge in [-0.15, -0.1) is 11.3 Å². The van der Waals surface area contributed by atoms with Crippen molar-refractivity contribution in [2.24, 2.45) is 0 Å². The summed E-state index contributed by atoms with van der Waals surface area (Å²) in [6.07, 6.45) is 2.00. The zero-order chi connectivity index (χ0) is 14.0. The molecular weight excluding hydrogens is 324 g/mol. The normalized spacial score (nSPS) is 13.9. The predicted molar refractivity (Wildman–Crippen MR) is 79.6 cm³/mol. The summed E-state index contributed by atoms with van der Waals surface area (Å²) in [4.78, 5) is 4.94. The third-order valence-corrected chi connectivity index (χ3v) is 7.21. The molecule has 1 atom stereocenters. The van der Waals surface area contributed by atoms with E-state index in [0.29, 0.717) is 6.42 Å². The Kier molecular flexibility index (Phi) is 4.62. The largest absolute Gasteiger partial charge is 0.254 e. The topological polar surface area (TPSA) is 50.3 Å². The van der Waals surface area contributed by atoms with Crippen molar-refractivity contribution in [3.05, 3.63) is 33.1 Å². The number of thiazole rings is 1. The molecule has 0 N–H and O–H groups in total. The van der Waals surface area contributed by atoms with E-state index in [1.807, 2.05) is 24.4 Å². The Morgan fingerprint density at radius 1 is 1.53 bits per heavy atom. The second-order valence-electron chi connectivity index (χ2n) is 4.09. The number of halogens is 1. The lowest BCUT2D eigenvalue weighted by Crippen LogP contribution is -2.35. The number of hydrogen-bond donors (Lipinski definition) is 0. The highest BCUT2D eigenvalue weighted by Crippen LogP contribution is 2.26. The van der Waals surface area contributed by atoms with E-state index in [-0.39, 0.29) is 14.7 Å². The maximum atomic E-state index is 12.4. The molecule has 0 aliphatic heterocycles. The van der Waals surface area contributed by atoms with Gasteiger partial charge in [-0.3, -0.25) is 0 Å². The smallest absolute Gasteiger partial charge is 0.232 e. The van der Waals surface area contributed by atoms with E-state index in [0.717, 1.165) is 16.2 Å². The van der Waals surface area contributed by atoms with Crippen molar-refractivity contribution in [1.82, 2.24) is 9.29 Å². The predicted octanol–water partition coefficient (Wildman–Crippen LogP) is 3.11. The number of hydrogen-bond acceptors (Lipinski definition) is 5. The highest BCUT2D eigenvalue weighted by atomic mass is 35.5. The number of thiophene rings is 1. The third kappa shape index (κ3) is 3.35. The molecular formula is C11H13ClN2O2S3. The summed E-state index contributed by atoms with van der Waals surface area (Å²) in [5.41, 5.74) is 0. The molecule has 104 valence electrons. The van der Waals surface area contributed by atoms with Crippen LogP contribution in [0.25, 0.3) is 0 Å². The zero-order valence-corrected chi connectivity index (χ0v) is 13.6. The Morgan fingerprint density at radius 3 is 2.79 bits per heavy atom. The van der Waals surface area contributed by atoms with E-state index >= 15 is 0 Å². The lowest BCUT2D eigenvalue weighted by molar-refractivity contribution is 0.389. The van der Waals surface area contributed by atoms with E-state index < -0.39 is 10.0 Å². The fourth-order valence-corrected chi connectivity index (χ4v) is 5.25. The van der Waals surface area contributed by atoms with Crippen molar-refractivity contribution in [2.75, 3.05) is 7.05 Å². The molecule has 2 aromatic heterocycles. The lowest BCUT2D eigenvalue weighted by Gasteiger charge is -2.22. The molecule has 0 aliphatic rings. The molecule has 0 aromatic carbocycles. The van der Waals surface area contributed by atoms with E-state index in [1.165, 1.54) is 10.5 Å². The molecule has 0 amide bonds. The second kappa shape index (κ2) is 5.88. The van der Waals surface area contributed by atoms with Gasteiger partial charge in [0.05, 0.1) is 6.20 Å². The van der Waals surface area contributed by atoms with Crippen molar-refractivity contribution in [1.29, 1.82) is 0 Å². The highest BCUT2D eigenvalue weighted by Gasteiger charge is 2.27. The Labute approximate surface area is 125 Å². The summed E-state index contributed by atoms with van der Waals surface area (Å²) >= 11 is 8.29. The molecule has 0 aliphatic carbocycles. The molecule has 2 aromatic rings. The van der Waals surface area contributed by atoms with E-state index in [9.17, 15) is 8.42 Å². The first kappa shape index (κ1) is 14.9. The van der Waals surface area contributed by atoms with Gasteiger partial charge in [0.15, 0.2) is 8.68 Å². The third-order valence-electron chi connectivity index (χ3n) is 2.79. The molecule has 0 saturated heterocycles. The van der Waals surface area contributed by atoms with Crippen molar-refractivity contribution < 1.29 is 8.42 Å². The van der Waals surface area contributed by atoms with Gasteiger partial charge >= 0.3 is 0 Å². The van der Waals surface area contributed by atoms with Crippen LogP contribution in [0.1, 0.15) is 11.8 Å². The number of sulfonamides is 1. The van der Waals surface area contributed by atoms with Crippen LogP contribution in [0, 0.1) is 0 Å². The van der Waals surface area contributed by atoms with E-state index in [1.54, 1.807) is 18.4 Å². The number of rotatable bonds is 5. The molecule has 0 radical (unpaired) electrons. The molecule has 0 bridgehead atoms. The van der Waals surface area contributed by atoms with Crippen LogP contribution in [0.5, 0.6) is 0 Å². The Bertz CT molecular complexity index is 637. The Morgan fingerprint density at radius 2 is 2.26 bits per heavy atom. The quantitative estimate of drug-likeness (QED) is 0.843. The fourth-order valence-electron chi connectivity index (χ4n) is 1.59. The Balaban J connectivity index is 2.16. The zero-order valence-electron chi connectivity index (χ0n) is 10.4. The summed E-state index contributed by atoms with van der Waals surface area (Å²) in [7, 11) is -1.93. The average molecular weight is 337 g/mol.